The van der Waals surface area contributed by atoms with E-state index in [9.17, 15) is 4.79 Å². The molecule has 1 aromatic rings. The van der Waals surface area contributed by atoms with E-state index in [-0.39, 0.29) is 11.9 Å². The molecular formula is C14H14N2O. The fourth-order valence-electron chi connectivity index (χ4n) is 2.02. The van der Waals surface area contributed by atoms with Crippen molar-refractivity contribution < 1.29 is 4.79 Å². The number of para-hydroxylation sites is 1. The summed E-state index contributed by atoms with van der Waals surface area (Å²) in [5.74, 6) is -0.127. The number of carbonyl (C=O) groups excluding carboxylic acids is 1. The van der Waals surface area contributed by atoms with Gasteiger partial charge < -0.3 is 4.90 Å². The maximum atomic E-state index is 11.9. The zero-order valence-electron chi connectivity index (χ0n) is 9.60. The highest BCUT2D eigenvalue weighted by Gasteiger charge is 2.29. The summed E-state index contributed by atoms with van der Waals surface area (Å²) in [6, 6.07) is 9.55. The standard InChI is InChI=1S/C14H14N2O/c1-2-14(17)16(12-7-5-8-12)13-9-4-3-6-11(13)10-15/h2-4,6,9,12H,1,5,7-8H2. The third-order valence-electron chi connectivity index (χ3n) is 3.14. The number of nitrogens with zero attached hydrogens (tertiary/aromatic N) is 2. The van der Waals surface area contributed by atoms with Crippen molar-refractivity contribution in [1.29, 1.82) is 5.26 Å². The maximum absolute atomic E-state index is 11.9. The van der Waals surface area contributed by atoms with Crippen molar-refractivity contribution in [2.24, 2.45) is 0 Å². The molecule has 1 aliphatic rings. The molecule has 86 valence electrons. The first-order valence-electron chi connectivity index (χ1n) is 5.72. The first kappa shape index (κ1) is 11.4. The van der Waals surface area contributed by atoms with Crippen LogP contribution in [0, 0.1) is 11.3 Å². The molecule has 17 heavy (non-hydrogen) atoms. The lowest BCUT2D eigenvalue weighted by Gasteiger charge is -2.37. The summed E-state index contributed by atoms with van der Waals surface area (Å²) in [4.78, 5) is 13.6. The number of benzene rings is 1. The van der Waals surface area contributed by atoms with Crippen LogP contribution in [0.5, 0.6) is 0 Å². The molecule has 0 N–H and O–H groups in total. The van der Waals surface area contributed by atoms with Crippen LogP contribution >= 0.6 is 0 Å². The van der Waals surface area contributed by atoms with E-state index in [2.05, 4.69) is 12.6 Å². The molecule has 1 amide bonds. The van der Waals surface area contributed by atoms with Crippen LogP contribution in [0.25, 0.3) is 0 Å². The van der Waals surface area contributed by atoms with Crippen LogP contribution in [0.2, 0.25) is 0 Å². The molecule has 1 fully saturated rings. The Morgan fingerprint density at radius 2 is 2.18 bits per heavy atom. The van der Waals surface area contributed by atoms with E-state index in [1.165, 1.54) is 6.08 Å². The zero-order chi connectivity index (χ0) is 12.3. The molecule has 0 unspecified atom stereocenters. The molecular weight excluding hydrogens is 212 g/mol. The summed E-state index contributed by atoms with van der Waals surface area (Å²) in [7, 11) is 0. The van der Waals surface area contributed by atoms with Crippen LogP contribution in [0.4, 0.5) is 5.69 Å². The van der Waals surface area contributed by atoms with Crippen LogP contribution in [0.3, 0.4) is 0 Å². The minimum atomic E-state index is -0.127. The Balaban J connectivity index is 2.41. The molecule has 0 spiro atoms. The van der Waals surface area contributed by atoms with Crippen molar-refractivity contribution in [2.45, 2.75) is 25.3 Å². The van der Waals surface area contributed by atoms with Crippen LogP contribution in [-0.2, 0) is 4.79 Å². The van der Waals surface area contributed by atoms with E-state index in [0.717, 1.165) is 19.3 Å². The molecule has 0 saturated heterocycles. The molecule has 3 nitrogen and oxygen atoms in total. The van der Waals surface area contributed by atoms with E-state index in [4.69, 9.17) is 5.26 Å². The highest BCUT2D eigenvalue weighted by Crippen LogP contribution is 2.31. The third-order valence-corrected chi connectivity index (χ3v) is 3.14. The number of rotatable bonds is 3. The molecule has 0 atom stereocenters. The highest BCUT2D eigenvalue weighted by molar-refractivity contribution is 6.02. The van der Waals surface area contributed by atoms with Crippen LogP contribution in [0.15, 0.2) is 36.9 Å². The van der Waals surface area contributed by atoms with Crippen LogP contribution in [0.1, 0.15) is 24.8 Å². The topological polar surface area (TPSA) is 44.1 Å². The summed E-state index contributed by atoms with van der Waals surface area (Å²) in [6.07, 6.45) is 4.45. The summed E-state index contributed by atoms with van der Waals surface area (Å²) < 4.78 is 0. The maximum Gasteiger partial charge on any atom is 0.250 e. The Hall–Kier alpha value is -2.08. The molecule has 2 rings (SSSR count). The molecule has 0 heterocycles. The second-order valence-corrected chi connectivity index (χ2v) is 4.13. The average molecular weight is 226 g/mol. The number of anilines is 1. The molecule has 1 aromatic carbocycles. The smallest absolute Gasteiger partial charge is 0.250 e. The lowest BCUT2D eigenvalue weighted by atomic mass is 9.90. The van der Waals surface area contributed by atoms with Gasteiger partial charge in [0.15, 0.2) is 0 Å². The van der Waals surface area contributed by atoms with Gasteiger partial charge in [0.1, 0.15) is 6.07 Å². The van der Waals surface area contributed by atoms with Crippen LogP contribution in [-0.4, -0.2) is 11.9 Å². The summed E-state index contributed by atoms with van der Waals surface area (Å²) >= 11 is 0. The van der Waals surface area contributed by atoms with Gasteiger partial charge in [0.25, 0.3) is 5.91 Å². The van der Waals surface area contributed by atoms with E-state index in [1.54, 1.807) is 17.0 Å². The first-order valence-corrected chi connectivity index (χ1v) is 5.72. The van der Waals surface area contributed by atoms with E-state index >= 15 is 0 Å². The SMILES string of the molecule is C=CC(=O)N(c1ccccc1C#N)C1CCC1. The second kappa shape index (κ2) is 4.84. The number of hydrogen-bond acceptors (Lipinski definition) is 2. The van der Waals surface area contributed by atoms with Gasteiger partial charge in [-0.2, -0.15) is 5.26 Å². The number of nitriles is 1. The van der Waals surface area contributed by atoms with E-state index < -0.39 is 0 Å². The van der Waals surface area contributed by atoms with Gasteiger partial charge in [0.05, 0.1) is 11.3 Å². The lowest BCUT2D eigenvalue weighted by Crippen LogP contribution is -2.44. The van der Waals surface area contributed by atoms with Crippen molar-refractivity contribution in [3.05, 3.63) is 42.5 Å². The van der Waals surface area contributed by atoms with Gasteiger partial charge in [0, 0.05) is 6.04 Å². The molecule has 1 aliphatic carbocycles. The zero-order valence-corrected chi connectivity index (χ0v) is 9.60. The average Bonchev–Trinajstić information content (AvgIpc) is 2.32. The van der Waals surface area contributed by atoms with Gasteiger partial charge in [-0.25, -0.2) is 0 Å². The Labute approximate surface area is 101 Å². The number of hydrogen-bond donors (Lipinski definition) is 0. The van der Waals surface area contributed by atoms with Gasteiger partial charge in [-0.3, -0.25) is 4.79 Å². The van der Waals surface area contributed by atoms with Gasteiger partial charge in [-0.15, -0.1) is 0 Å². The molecule has 0 aliphatic heterocycles. The Morgan fingerprint density at radius 3 is 2.71 bits per heavy atom. The summed E-state index contributed by atoms with van der Waals surface area (Å²) in [5, 5.41) is 9.08. The molecule has 3 heteroatoms. The summed E-state index contributed by atoms with van der Waals surface area (Å²) in [5.41, 5.74) is 1.24. The monoisotopic (exact) mass is 226 g/mol. The van der Waals surface area contributed by atoms with Gasteiger partial charge in [-0.05, 0) is 37.5 Å². The number of amides is 1. The molecule has 0 radical (unpaired) electrons. The van der Waals surface area contributed by atoms with Gasteiger partial charge in [0.2, 0.25) is 0 Å². The fourth-order valence-corrected chi connectivity index (χ4v) is 2.02. The van der Waals surface area contributed by atoms with Crippen molar-refractivity contribution in [3.8, 4) is 6.07 Å². The third kappa shape index (κ3) is 2.07. The minimum Gasteiger partial charge on any atom is -0.305 e. The number of carbonyl (C=O) groups is 1. The normalized spacial score (nSPS) is 14.5. The lowest BCUT2D eigenvalue weighted by molar-refractivity contribution is -0.115. The van der Waals surface area contributed by atoms with E-state index in [1.807, 2.05) is 12.1 Å². The largest absolute Gasteiger partial charge is 0.305 e. The highest BCUT2D eigenvalue weighted by atomic mass is 16.2. The Morgan fingerprint density at radius 1 is 1.47 bits per heavy atom. The van der Waals surface area contributed by atoms with Crippen molar-refractivity contribution in [2.75, 3.05) is 4.90 Å². The Bertz CT molecular complexity index is 483. The second-order valence-electron chi connectivity index (χ2n) is 4.13. The predicted octanol–water partition coefficient (Wildman–Crippen LogP) is 2.63. The molecule has 1 saturated carbocycles. The molecule has 0 bridgehead atoms. The van der Waals surface area contributed by atoms with Crippen molar-refractivity contribution >= 4 is 11.6 Å². The first-order chi connectivity index (χ1) is 8.27. The minimum absolute atomic E-state index is 0.127. The van der Waals surface area contributed by atoms with Gasteiger partial charge >= 0.3 is 0 Å². The quantitative estimate of drug-likeness (QED) is 0.744. The van der Waals surface area contributed by atoms with E-state index in [0.29, 0.717) is 11.3 Å². The van der Waals surface area contributed by atoms with Gasteiger partial charge in [-0.1, -0.05) is 18.7 Å². The molecule has 0 aromatic heterocycles. The predicted molar refractivity (Wildman–Crippen MR) is 66.5 cm³/mol. The van der Waals surface area contributed by atoms with Crippen molar-refractivity contribution in [1.82, 2.24) is 0 Å². The van der Waals surface area contributed by atoms with Crippen molar-refractivity contribution in [3.63, 3.8) is 0 Å². The fraction of sp³-hybridized carbons (Fsp3) is 0.286. The van der Waals surface area contributed by atoms with Crippen LogP contribution < -0.4 is 4.90 Å². The Kier molecular flexibility index (Phi) is 3.24. The summed E-state index contributed by atoms with van der Waals surface area (Å²) in [6.45, 7) is 3.53.